The highest BCUT2D eigenvalue weighted by molar-refractivity contribution is 6.33. The van der Waals surface area contributed by atoms with Crippen LogP contribution in [0.4, 0.5) is 10.1 Å². The summed E-state index contributed by atoms with van der Waals surface area (Å²) in [6.45, 7) is 0.583. The molecule has 0 bridgehead atoms. The molecule has 0 aliphatic carbocycles. The Morgan fingerprint density at radius 2 is 1.95 bits per heavy atom. The highest BCUT2D eigenvalue weighted by atomic mass is 35.5. The SMILES string of the molecule is Fc1ccc(NCc2cccc3cccnc23)c(Cl)c1. The number of benzene rings is 2. The van der Waals surface area contributed by atoms with Crippen LogP contribution in [0.5, 0.6) is 0 Å². The van der Waals surface area contributed by atoms with Gasteiger partial charge in [0.1, 0.15) is 5.82 Å². The number of aromatic nitrogens is 1. The minimum absolute atomic E-state index is 0.340. The zero-order chi connectivity index (χ0) is 13.9. The fourth-order valence-electron chi connectivity index (χ4n) is 2.13. The molecule has 0 saturated carbocycles. The van der Waals surface area contributed by atoms with E-state index in [9.17, 15) is 4.39 Å². The van der Waals surface area contributed by atoms with Crippen LogP contribution in [0.25, 0.3) is 10.9 Å². The quantitative estimate of drug-likeness (QED) is 0.759. The van der Waals surface area contributed by atoms with Gasteiger partial charge in [0.05, 0.1) is 16.2 Å². The molecule has 0 fully saturated rings. The number of hydrogen-bond acceptors (Lipinski definition) is 2. The predicted molar refractivity (Wildman–Crippen MR) is 80.5 cm³/mol. The first-order chi connectivity index (χ1) is 9.74. The topological polar surface area (TPSA) is 24.9 Å². The van der Waals surface area contributed by atoms with Gasteiger partial charge in [-0.25, -0.2) is 4.39 Å². The van der Waals surface area contributed by atoms with Crippen molar-refractivity contribution in [3.05, 3.63) is 71.1 Å². The Balaban J connectivity index is 1.87. The van der Waals surface area contributed by atoms with E-state index in [-0.39, 0.29) is 5.82 Å². The Labute approximate surface area is 121 Å². The first kappa shape index (κ1) is 12.9. The molecule has 0 aliphatic heterocycles. The summed E-state index contributed by atoms with van der Waals surface area (Å²) in [4.78, 5) is 4.40. The molecule has 0 radical (unpaired) electrons. The van der Waals surface area contributed by atoms with Crippen molar-refractivity contribution >= 4 is 28.2 Å². The fourth-order valence-corrected chi connectivity index (χ4v) is 2.37. The Bertz CT molecular complexity index is 753. The second kappa shape index (κ2) is 5.47. The highest BCUT2D eigenvalue weighted by Crippen LogP contribution is 2.24. The fraction of sp³-hybridized carbons (Fsp3) is 0.0625. The number of para-hydroxylation sites is 1. The molecule has 0 amide bonds. The third kappa shape index (κ3) is 2.58. The molecule has 2 aromatic carbocycles. The van der Waals surface area contributed by atoms with Crippen molar-refractivity contribution in [3.8, 4) is 0 Å². The highest BCUT2D eigenvalue weighted by Gasteiger charge is 2.04. The lowest BCUT2D eigenvalue weighted by Crippen LogP contribution is -2.01. The summed E-state index contributed by atoms with van der Waals surface area (Å²) in [6.07, 6.45) is 1.77. The molecule has 100 valence electrons. The zero-order valence-electron chi connectivity index (χ0n) is 10.6. The van der Waals surface area contributed by atoms with Gasteiger partial charge in [0.2, 0.25) is 0 Å². The van der Waals surface area contributed by atoms with Crippen molar-refractivity contribution in [2.75, 3.05) is 5.32 Å². The summed E-state index contributed by atoms with van der Waals surface area (Å²) in [5, 5.41) is 4.68. The van der Waals surface area contributed by atoms with Gasteiger partial charge in [-0.3, -0.25) is 4.98 Å². The van der Waals surface area contributed by atoms with Crippen molar-refractivity contribution in [3.63, 3.8) is 0 Å². The Kier molecular flexibility index (Phi) is 3.52. The molecule has 4 heteroatoms. The third-order valence-electron chi connectivity index (χ3n) is 3.12. The number of rotatable bonds is 3. The number of nitrogens with zero attached hydrogens (tertiary/aromatic N) is 1. The van der Waals surface area contributed by atoms with Gasteiger partial charge < -0.3 is 5.32 Å². The summed E-state index contributed by atoms with van der Waals surface area (Å²) in [7, 11) is 0. The molecule has 1 heterocycles. The third-order valence-corrected chi connectivity index (χ3v) is 3.43. The van der Waals surface area contributed by atoms with Gasteiger partial charge in [-0.05, 0) is 29.8 Å². The lowest BCUT2D eigenvalue weighted by Gasteiger charge is -2.10. The molecular weight excluding hydrogens is 275 g/mol. The van der Waals surface area contributed by atoms with Gasteiger partial charge in [0, 0.05) is 18.1 Å². The second-order valence-electron chi connectivity index (χ2n) is 4.47. The molecule has 0 spiro atoms. The van der Waals surface area contributed by atoms with E-state index in [1.54, 1.807) is 12.3 Å². The van der Waals surface area contributed by atoms with E-state index in [0.29, 0.717) is 17.3 Å². The summed E-state index contributed by atoms with van der Waals surface area (Å²) >= 11 is 6.00. The average Bonchev–Trinajstić information content (AvgIpc) is 2.46. The summed E-state index contributed by atoms with van der Waals surface area (Å²) in [6, 6.07) is 14.3. The van der Waals surface area contributed by atoms with E-state index in [4.69, 9.17) is 11.6 Å². The number of halogens is 2. The van der Waals surface area contributed by atoms with E-state index in [1.807, 2.05) is 30.3 Å². The van der Waals surface area contributed by atoms with Crippen LogP contribution in [0.15, 0.2) is 54.7 Å². The van der Waals surface area contributed by atoms with Gasteiger partial charge in [-0.1, -0.05) is 35.9 Å². The van der Waals surface area contributed by atoms with Crippen LogP contribution in [0.3, 0.4) is 0 Å². The predicted octanol–water partition coefficient (Wildman–Crippen LogP) is 4.64. The molecule has 0 unspecified atom stereocenters. The summed E-state index contributed by atoms with van der Waals surface area (Å²) in [5.74, 6) is -0.340. The average molecular weight is 287 g/mol. The number of hydrogen-bond donors (Lipinski definition) is 1. The smallest absolute Gasteiger partial charge is 0.124 e. The van der Waals surface area contributed by atoms with E-state index in [1.165, 1.54) is 12.1 Å². The van der Waals surface area contributed by atoms with E-state index >= 15 is 0 Å². The van der Waals surface area contributed by atoms with E-state index < -0.39 is 0 Å². The van der Waals surface area contributed by atoms with Gasteiger partial charge in [0.15, 0.2) is 0 Å². The van der Waals surface area contributed by atoms with E-state index in [2.05, 4.69) is 10.3 Å². The molecule has 0 aliphatic rings. The van der Waals surface area contributed by atoms with Crippen LogP contribution in [-0.2, 0) is 6.54 Å². The lowest BCUT2D eigenvalue weighted by atomic mass is 10.1. The van der Waals surface area contributed by atoms with Gasteiger partial charge in [-0.2, -0.15) is 0 Å². The first-order valence-corrected chi connectivity index (χ1v) is 6.63. The van der Waals surface area contributed by atoms with Crippen LogP contribution in [0.2, 0.25) is 5.02 Å². The maximum absolute atomic E-state index is 13.0. The Morgan fingerprint density at radius 3 is 2.80 bits per heavy atom. The maximum atomic E-state index is 13.0. The molecule has 20 heavy (non-hydrogen) atoms. The number of fused-ring (bicyclic) bond motifs is 1. The minimum atomic E-state index is -0.340. The Morgan fingerprint density at radius 1 is 1.10 bits per heavy atom. The largest absolute Gasteiger partial charge is 0.380 e. The van der Waals surface area contributed by atoms with Crippen molar-refractivity contribution in [2.24, 2.45) is 0 Å². The second-order valence-corrected chi connectivity index (χ2v) is 4.88. The molecule has 1 N–H and O–H groups in total. The van der Waals surface area contributed by atoms with Crippen molar-refractivity contribution in [2.45, 2.75) is 6.54 Å². The number of nitrogens with one attached hydrogen (secondary N) is 1. The van der Waals surface area contributed by atoms with E-state index in [0.717, 1.165) is 16.5 Å². The van der Waals surface area contributed by atoms with Crippen molar-refractivity contribution in [1.82, 2.24) is 4.98 Å². The summed E-state index contributed by atoms with van der Waals surface area (Å²) in [5.41, 5.74) is 2.74. The van der Waals surface area contributed by atoms with Crippen LogP contribution >= 0.6 is 11.6 Å². The molecule has 1 aromatic heterocycles. The Hall–Kier alpha value is -2.13. The molecule has 0 saturated heterocycles. The lowest BCUT2D eigenvalue weighted by molar-refractivity contribution is 0.628. The standard InChI is InChI=1S/C16H12ClFN2/c17-14-9-13(18)6-7-15(14)20-10-12-4-1-3-11-5-2-8-19-16(11)12/h1-9,20H,10H2. The van der Waals surface area contributed by atoms with Gasteiger partial charge >= 0.3 is 0 Å². The molecule has 0 atom stereocenters. The van der Waals surface area contributed by atoms with Crippen molar-refractivity contribution < 1.29 is 4.39 Å². The maximum Gasteiger partial charge on any atom is 0.124 e. The molecule has 3 aromatic rings. The first-order valence-electron chi connectivity index (χ1n) is 6.25. The summed E-state index contributed by atoms with van der Waals surface area (Å²) < 4.78 is 13.0. The number of pyridine rings is 1. The molecule has 2 nitrogen and oxygen atoms in total. The minimum Gasteiger partial charge on any atom is -0.380 e. The molecular formula is C16H12ClFN2. The van der Waals surface area contributed by atoms with Crippen LogP contribution < -0.4 is 5.32 Å². The number of anilines is 1. The molecule has 3 rings (SSSR count). The van der Waals surface area contributed by atoms with Gasteiger partial charge in [-0.15, -0.1) is 0 Å². The monoisotopic (exact) mass is 286 g/mol. The normalized spacial score (nSPS) is 10.7. The van der Waals surface area contributed by atoms with Crippen LogP contribution in [-0.4, -0.2) is 4.98 Å². The van der Waals surface area contributed by atoms with Crippen LogP contribution in [0, 0.1) is 5.82 Å². The van der Waals surface area contributed by atoms with Crippen molar-refractivity contribution in [1.29, 1.82) is 0 Å². The zero-order valence-corrected chi connectivity index (χ0v) is 11.4. The van der Waals surface area contributed by atoms with Crippen LogP contribution in [0.1, 0.15) is 5.56 Å². The van der Waals surface area contributed by atoms with Gasteiger partial charge in [0.25, 0.3) is 0 Å².